The standard InChI is InChI=1S/C60H38N2/c1-2-13-39(14-3-1)42-15-12-16-45(35-42)61-57-23-10-8-21-52(57)55-36-43(29-33-59(55)61)40-25-27-41(28-26-40)44-30-34-60-56(37-44)53-22-9-11-24-58(53)62(60)46-31-32-51-49-19-5-4-17-47(49)48-18-6-7-20-50(48)54(51)38-46/h1-38H. The first-order chi connectivity index (χ1) is 30.7. The smallest absolute Gasteiger partial charge is 0.0541 e. The number of para-hydroxylation sites is 2. The average molecular weight is 787 g/mol. The summed E-state index contributed by atoms with van der Waals surface area (Å²) in [6, 6.07) is 84.7. The van der Waals surface area contributed by atoms with E-state index in [2.05, 4.69) is 240 Å². The molecule has 2 heteroatoms. The van der Waals surface area contributed by atoms with Crippen LogP contribution < -0.4 is 0 Å². The van der Waals surface area contributed by atoms with Crippen molar-refractivity contribution >= 4 is 75.9 Å². The van der Waals surface area contributed by atoms with Crippen molar-refractivity contribution in [2.75, 3.05) is 0 Å². The van der Waals surface area contributed by atoms with E-state index in [1.54, 1.807) is 0 Å². The highest BCUT2D eigenvalue weighted by Gasteiger charge is 2.17. The van der Waals surface area contributed by atoms with Gasteiger partial charge in [-0.25, -0.2) is 0 Å². The summed E-state index contributed by atoms with van der Waals surface area (Å²) in [6.07, 6.45) is 0. The Hall–Kier alpha value is -8.20. The molecule has 0 saturated carbocycles. The van der Waals surface area contributed by atoms with Crippen LogP contribution in [0.2, 0.25) is 0 Å². The first-order valence-electron chi connectivity index (χ1n) is 21.4. The molecule has 0 amide bonds. The molecule has 0 atom stereocenters. The molecule has 0 spiro atoms. The lowest BCUT2D eigenvalue weighted by Crippen LogP contribution is -1.94. The predicted molar refractivity (Wildman–Crippen MR) is 264 cm³/mol. The Balaban J connectivity index is 0.884. The molecular weight excluding hydrogens is 749 g/mol. The largest absolute Gasteiger partial charge is 0.309 e. The maximum absolute atomic E-state index is 2.44. The highest BCUT2D eigenvalue weighted by Crippen LogP contribution is 2.40. The van der Waals surface area contributed by atoms with Gasteiger partial charge in [-0.3, -0.25) is 0 Å². The molecule has 0 saturated heterocycles. The number of hydrogen-bond donors (Lipinski definition) is 0. The second-order valence-electron chi connectivity index (χ2n) is 16.5. The van der Waals surface area contributed by atoms with Crippen LogP contribution in [-0.2, 0) is 0 Å². The molecule has 0 unspecified atom stereocenters. The molecule has 0 N–H and O–H groups in total. The fraction of sp³-hybridized carbons (Fsp3) is 0. The first-order valence-corrected chi connectivity index (χ1v) is 21.4. The Bertz CT molecular complexity index is 3870. The Morgan fingerprint density at radius 1 is 0.177 bits per heavy atom. The van der Waals surface area contributed by atoms with Crippen LogP contribution in [0.15, 0.2) is 231 Å². The maximum atomic E-state index is 2.44. The zero-order valence-corrected chi connectivity index (χ0v) is 33.8. The number of rotatable bonds is 5. The lowest BCUT2D eigenvalue weighted by molar-refractivity contribution is 1.18. The number of nitrogens with zero attached hydrogens (tertiary/aromatic N) is 2. The third-order valence-electron chi connectivity index (χ3n) is 13.1. The van der Waals surface area contributed by atoms with Crippen LogP contribution in [0.5, 0.6) is 0 Å². The van der Waals surface area contributed by atoms with Gasteiger partial charge in [0, 0.05) is 32.9 Å². The van der Waals surface area contributed by atoms with E-state index in [9.17, 15) is 0 Å². The van der Waals surface area contributed by atoms with Crippen molar-refractivity contribution in [3.8, 4) is 44.8 Å². The van der Waals surface area contributed by atoms with E-state index in [4.69, 9.17) is 0 Å². The lowest BCUT2D eigenvalue weighted by atomic mass is 9.94. The molecule has 11 aromatic carbocycles. The molecule has 62 heavy (non-hydrogen) atoms. The normalized spacial score (nSPS) is 11.9. The Labute approximate surface area is 358 Å². The molecule has 0 fully saturated rings. The number of hydrogen-bond acceptors (Lipinski definition) is 0. The summed E-state index contributed by atoms with van der Waals surface area (Å²) in [7, 11) is 0. The second kappa shape index (κ2) is 13.7. The molecular formula is C60H38N2. The van der Waals surface area contributed by atoms with E-state index in [-0.39, 0.29) is 0 Å². The summed E-state index contributed by atoms with van der Waals surface area (Å²) in [4.78, 5) is 0. The van der Waals surface area contributed by atoms with Gasteiger partial charge in [0.15, 0.2) is 0 Å². The van der Waals surface area contributed by atoms with Crippen LogP contribution >= 0.6 is 0 Å². The van der Waals surface area contributed by atoms with E-state index in [1.165, 1.54) is 115 Å². The third kappa shape index (κ3) is 5.30. The molecule has 288 valence electrons. The molecule has 0 radical (unpaired) electrons. The van der Waals surface area contributed by atoms with Crippen LogP contribution in [0.3, 0.4) is 0 Å². The quantitative estimate of drug-likeness (QED) is 0.154. The van der Waals surface area contributed by atoms with E-state index in [1.807, 2.05) is 0 Å². The minimum Gasteiger partial charge on any atom is -0.309 e. The van der Waals surface area contributed by atoms with E-state index in [0.717, 1.165) is 5.69 Å². The summed E-state index contributed by atoms with van der Waals surface area (Å²) in [5, 5.41) is 12.7. The van der Waals surface area contributed by atoms with Gasteiger partial charge in [-0.2, -0.15) is 0 Å². The van der Waals surface area contributed by atoms with Crippen molar-refractivity contribution in [3.63, 3.8) is 0 Å². The van der Waals surface area contributed by atoms with Gasteiger partial charge in [0.1, 0.15) is 0 Å². The van der Waals surface area contributed by atoms with Crippen LogP contribution in [0.1, 0.15) is 0 Å². The first kappa shape index (κ1) is 34.6. The van der Waals surface area contributed by atoms with E-state index >= 15 is 0 Å². The van der Waals surface area contributed by atoms with Crippen molar-refractivity contribution in [3.05, 3.63) is 231 Å². The summed E-state index contributed by atoms with van der Waals surface area (Å²) >= 11 is 0. The fourth-order valence-corrected chi connectivity index (χ4v) is 10.2. The van der Waals surface area contributed by atoms with Gasteiger partial charge >= 0.3 is 0 Å². The fourth-order valence-electron chi connectivity index (χ4n) is 10.2. The molecule has 2 nitrogen and oxygen atoms in total. The minimum atomic E-state index is 1.16. The van der Waals surface area contributed by atoms with Crippen molar-refractivity contribution in [1.29, 1.82) is 0 Å². The molecule has 2 aromatic heterocycles. The van der Waals surface area contributed by atoms with Gasteiger partial charge in [0.2, 0.25) is 0 Å². The van der Waals surface area contributed by atoms with Crippen molar-refractivity contribution < 1.29 is 0 Å². The Morgan fingerprint density at radius 2 is 0.548 bits per heavy atom. The summed E-state index contributed by atoms with van der Waals surface area (Å²) in [5.74, 6) is 0. The van der Waals surface area contributed by atoms with Gasteiger partial charge in [0.05, 0.1) is 22.1 Å². The Kier molecular flexibility index (Phi) is 7.64. The topological polar surface area (TPSA) is 9.86 Å². The second-order valence-corrected chi connectivity index (χ2v) is 16.5. The van der Waals surface area contributed by atoms with Crippen LogP contribution in [-0.4, -0.2) is 9.13 Å². The third-order valence-corrected chi connectivity index (χ3v) is 13.1. The van der Waals surface area contributed by atoms with Crippen molar-refractivity contribution in [1.82, 2.24) is 9.13 Å². The molecule has 13 aromatic rings. The molecule has 0 bridgehead atoms. The lowest BCUT2D eigenvalue weighted by Gasteiger charge is -2.14. The summed E-state index contributed by atoms with van der Waals surface area (Å²) in [5.41, 5.74) is 14.4. The van der Waals surface area contributed by atoms with Crippen molar-refractivity contribution in [2.45, 2.75) is 0 Å². The minimum absolute atomic E-state index is 1.16. The molecule has 13 rings (SSSR count). The zero-order valence-electron chi connectivity index (χ0n) is 33.8. The highest BCUT2D eigenvalue weighted by atomic mass is 15.0. The SMILES string of the molecule is c1ccc(-c2cccc(-n3c4ccccc4c4cc(-c5ccc(-c6ccc7c(c6)c6ccccc6n7-c6ccc7c8ccccc8c8ccccc8c7c6)cc5)ccc43)c2)cc1. The molecule has 0 aliphatic rings. The van der Waals surface area contributed by atoms with Gasteiger partial charge in [-0.15, -0.1) is 0 Å². The van der Waals surface area contributed by atoms with Crippen LogP contribution in [0, 0.1) is 0 Å². The van der Waals surface area contributed by atoms with E-state index < -0.39 is 0 Å². The molecule has 2 heterocycles. The predicted octanol–water partition coefficient (Wildman–Crippen LogP) is 16.3. The van der Waals surface area contributed by atoms with Gasteiger partial charge < -0.3 is 9.13 Å². The number of fused-ring (bicyclic) bond motifs is 12. The Morgan fingerprint density at radius 3 is 1.10 bits per heavy atom. The summed E-state index contributed by atoms with van der Waals surface area (Å²) < 4.78 is 4.84. The maximum Gasteiger partial charge on any atom is 0.0541 e. The monoisotopic (exact) mass is 786 g/mol. The van der Waals surface area contributed by atoms with Gasteiger partial charge in [0.25, 0.3) is 0 Å². The van der Waals surface area contributed by atoms with E-state index in [0.29, 0.717) is 0 Å². The summed E-state index contributed by atoms with van der Waals surface area (Å²) in [6.45, 7) is 0. The van der Waals surface area contributed by atoms with Gasteiger partial charge in [-0.05, 0) is 126 Å². The van der Waals surface area contributed by atoms with Crippen molar-refractivity contribution in [2.24, 2.45) is 0 Å². The zero-order chi connectivity index (χ0) is 40.7. The molecule has 0 aliphatic carbocycles. The van der Waals surface area contributed by atoms with Crippen LogP contribution in [0.25, 0.3) is 121 Å². The van der Waals surface area contributed by atoms with Gasteiger partial charge in [-0.1, -0.05) is 170 Å². The number of benzene rings is 11. The average Bonchev–Trinajstić information content (AvgIpc) is 3.86. The highest BCUT2D eigenvalue weighted by molar-refractivity contribution is 6.25. The van der Waals surface area contributed by atoms with Crippen LogP contribution in [0.4, 0.5) is 0 Å². The number of aromatic nitrogens is 2. The molecule has 0 aliphatic heterocycles.